The predicted octanol–water partition coefficient (Wildman–Crippen LogP) is 3.39. The monoisotopic (exact) mass is 324 g/mol. The quantitative estimate of drug-likeness (QED) is 0.753. The summed E-state index contributed by atoms with van der Waals surface area (Å²) in [6, 6.07) is 7.66. The van der Waals surface area contributed by atoms with Gasteiger partial charge in [-0.05, 0) is 6.07 Å². The molecule has 1 aromatic heterocycles. The lowest BCUT2D eigenvalue weighted by Gasteiger charge is -2.18. The first-order valence-corrected chi connectivity index (χ1v) is 6.94. The van der Waals surface area contributed by atoms with Gasteiger partial charge in [-0.2, -0.15) is 0 Å². The minimum atomic E-state index is 0.0795. The molecule has 3 nitrogen and oxygen atoms in total. The van der Waals surface area contributed by atoms with Gasteiger partial charge in [-0.25, -0.2) is 0 Å². The molecule has 2 aromatic rings. The highest BCUT2D eigenvalue weighted by atomic mass is 79.9. The summed E-state index contributed by atoms with van der Waals surface area (Å²) in [6.45, 7) is 0.637. The number of amides is 1. The van der Waals surface area contributed by atoms with Crippen molar-refractivity contribution in [2.24, 2.45) is 0 Å². The van der Waals surface area contributed by atoms with Crippen LogP contribution in [0.1, 0.15) is 6.42 Å². The minimum absolute atomic E-state index is 0.0795. The first-order chi connectivity index (χ1) is 8.66. The van der Waals surface area contributed by atoms with Crippen LogP contribution in [0.2, 0.25) is 5.02 Å². The topological polar surface area (TPSA) is 33.2 Å². The average molecular weight is 326 g/mol. The van der Waals surface area contributed by atoms with E-state index >= 15 is 0 Å². The Morgan fingerprint density at radius 1 is 1.39 bits per heavy atom. The third-order valence-corrected chi connectivity index (χ3v) is 4.07. The summed E-state index contributed by atoms with van der Waals surface area (Å²) in [5.74, 6) is 0.0795. The summed E-state index contributed by atoms with van der Waals surface area (Å²) in [4.78, 5) is 18.1. The zero-order valence-corrected chi connectivity index (χ0v) is 11.8. The number of alkyl halides is 1. The van der Waals surface area contributed by atoms with Crippen LogP contribution in [0, 0.1) is 0 Å². The number of nitrogens with zero attached hydrogens (tertiary/aromatic N) is 2. The summed E-state index contributed by atoms with van der Waals surface area (Å²) < 4.78 is 0. The smallest absolute Gasteiger partial charge is 0.228 e. The molecule has 0 N–H and O–H groups in total. The molecule has 92 valence electrons. The molecule has 0 bridgehead atoms. The third-order valence-electron chi connectivity index (χ3n) is 3.06. The molecule has 3 rings (SSSR count). The zero-order chi connectivity index (χ0) is 12.7. The molecule has 18 heavy (non-hydrogen) atoms. The van der Waals surface area contributed by atoms with Crippen molar-refractivity contribution in [3.8, 4) is 0 Å². The third kappa shape index (κ3) is 1.89. The molecule has 5 heteroatoms. The van der Waals surface area contributed by atoms with Gasteiger partial charge in [0.05, 0.1) is 22.4 Å². The molecule has 2 heterocycles. The van der Waals surface area contributed by atoms with Crippen LogP contribution in [0.15, 0.2) is 30.5 Å². The number of benzene rings is 1. The van der Waals surface area contributed by atoms with E-state index in [2.05, 4.69) is 20.9 Å². The van der Waals surface area contributed by atoms with E-state index < -0.39 is 0 Å². The van der Waals surface area contributed by atoms with Gasteiger partial charge in [0.25, 0.3) is 0 Å². The van der Waals surface area contributed by atoms with Gasteiger partial charge >= 0.3 is 0 Å². The maximum atomic E-state index is 11.9. The van der Waals surface area contributed by atoms with Gasteiger partial charge in [-0.15, -0.1) is 0 Å². The van der Waals surface area contributed by atoms with Gasteiger partial charge in [0.15, 0.2) is 0 Å². The second-order valence-corrected chi connectivity index (χ2v) is 5.95. The van der Waals surface area contributed by atoms with Crippen LogP contribution in [0.3, 0.4) is 0 Å². The van der Waals surface area contributed by atoms with E-state index in [0.717, 1.165) is 10.9 Å². The Bertz CT molecular complexity index is 631. The van der Waals surface area contributed by atoms with Gasteiger partial charge < -0.3 is 4.90 Å². The van der Waals surface area contributed by atoms with Crippen molar-refractivity contribution in [2.75, 3.05) is 11.4 Å². The van der Waals surface area contributed by atoms with Crippen molar-refractivity contribution >= 4 is 50.0 Å². The SMILES string of the molecule is O=C1CC(Br)CN1c1cnc2ccccc2c1Cl. The molecule has 1 fully saturated rings. The molecule has 1 saturated heterocycles. The standard InChI is InChI=1S/C13H10BrClN2O/c14-8-5-12(18)17(7-8)11-6-16-10-4-2-1-3-9(10)13(11)15/h1-4,6,8H,5,7H2. The largest absolute Gasteiger partial charge is 0.308 e. The number of hydrogen-bond donors (Lipinski definition) is 0. The van der Waals surface area contributed by atoms with Gasteiger partial charge in [0.2, 0.25) is 5.91 Å². The lowest BCUT2D eigenvalue weighted by Crippen LogP contribution is -2.25. The molecular formula is C13H10BrClN2O. The Balaban J connectivity index is 2.13. The number of carbonyl (C=O) groups is 1. The Hall–Kier alpha value is -1.13. The van der Waals surface area contributed by atoms with E-state index in [4.69, 9.17) is 11.6 Å². The molecule has 1 aliphatic rings. The number of para-hydroxylation sites is 1. The highest BCUT2D eigenvalue weighted by Crippen LogP contribution is 2.35. The Morgan fingerprint density at radius 2 is 2.17 bits per heavy atom. The normalized spacial score (nSPS) is 19.8. The molecule has 1 aromatic carbocycles. The Kier molecular flexibility index (Phi) is 2.99. The average Bonchev–Trinajstić information content (AvgIpc) is 2.69. The molecule has 0 saturated carbocycles. The van der Waals surface area contributed by atoms with Crippen LogP contribution in [0.4, 0.5) is 5.69 Å². The number of hydrogen-bond acceptors (Lipinski definition) is 2. The number of anilines is 1. The number of rotatable bonds is 1. The van der Waals surface area contributed by atoms with Crippen LogP contribution in [0.25, 0.3) is 10.9 Å². The van der Waals surface area contributed by atoms with Gasteiger partial charge in [0.1, 0.15) is 0 Å². The maximum Gasteiger partial charge on any atom is 0.228 e. The predicted molar refractivity (Wildman–Crippen MR) is 76.4 cm³/mol. The molecule has 0 aliphatic carbocycles. The van der Waals surface area contributed by atoms with Crippen molar-refractivity contribution in [3.63, 3.8) is 0 Å². The van der Waals surface area contributed by atoms with E-state index in [9.17, 15) is 4.79 Å². The van der Waals surface area contributed by atoms with Crippen LogP contribution in [0.5, 0.6) is 0 Å². The number of aromatic nitrogens is 1. The lowest BCUT2D eigenvalue weighted by atomic mass is 10.2. The fourth-order valence-electron chi connectivity index (χ4n) is 2.18. The summed E-state index contributed by atoms with van der Waals surface area (Å²) in [7, 11) is 0. The number of pyridine rings is 1. The molecule has 1 amide bonds. The van der Waals surface area contributed by atoms with E-state index in [0.29, 0.717) is 23.7 Å². The molecule has 1 atom stereocenters. The van der Waals surface area contributed by atoms with Crippen molar-refractivity contribution in [1.82, 2.24) is 4.98 Å². The van der Waals surface area contributed by atoms with Crippen molar-refractivity contribution in [1.29, 1.82) is 0 Å². The van der Waals surface area contributed by atoms with Crippen molar-refractivity contribution in [2.45, 2.75) is 11.2 Å². The van der Waals surface area contributed by atoms with E-state index in [1.165, 1.54) is 0 Å². The lowest BCUT2D eigenvalue weighted by molar-refractivity contribution is -0.117. The maximum absolute atomic E-state index is 11.9. The summed E-state index contributed by atoms with van der Waals surface area (Å²) in [5.41, 5.74) is 1.54. The van der Waals surface area contributed by atoms with Crippen LogP contribution in [-0.2, 0) is 4.79 Å². The Labute approximate surface area is 118 Å². The molecule has 0 spiro atoms. The molecule has 1 aliphatic heterocycles. The highest BCUT2D eigenvalue weighted by Gasteiger charge is 2.30. The highest BCUT2D eigenvalue weighted by molar-refractivity contribution is 9.09. The Morgan fingerprint density at radius 3 is 2.89 bits per heavy atom. The van der Waals surface area contributed by atoms with Crippen molar-refractivity contribution in [3.05, 3.63) is 35.5 Å². The fraction of sp³-hybridized carbons (Fsp3) is 0.231. The fourth-order valence-corrected chi connectivity index (χ4v) is 3.06. The molecule has 1 unspecified atom stereocenters. The van der Waals surface area contributed by atoms with Crippen molar-refractivity contribution < 1.29 is 4.79 Å². The first-order valence-electron chi connectivity index (χ1n) is 5.64. The summed E-state index contributed by atoms with van der Waals surface area (Å²) in [6.07, 6.45) is 2.18. The first kappa shape index (κ1) is 11.9. The minimum Gasteiger partial charge on any atom is -0.308 e. The molecular weight excluding hydrogens is 316 g/mol. The zero-order valence-electron chi connectivity index (χ0n) is 9.44. The number of fused-ring (bicyclic) bond motifs is 1. The molecule has 0 radical (unpaired) electrons. The van der Waals surface area contributed by atoms with E-state index in [1.54, 1.807) is 11.1 Å². The number of halogens is 2. The van der Waals surface area contributed by atoms with Crippen LogP contribution in [-0.4, -0.2) is 22.3 Å². The van der Waals surface area contributed by atoms with Gasteiger partial charge in [-0.1, -0.05) is 45.7 Å². The van der Waals surface area contributed by atoms with Crippen LogP contribution >= 0.6 is 27.5 Å². The second-order valence-electron chi connectivity index (χ2n) is 4.28. The second kappa shape index (κ2) is 4.52. The van der Waals surface area contributed by atoms with Crippen LogP contribution < -0.4 is 4.90 Å². The summed E-state index contributed by atoms with van der Waals surface area (Å²) >= 11 is 9.85. The van der Waals surface area contributed by atoms with Gasteiger partial charge in [-0.3, -0.25) is 9.78 Å². The van der Waals surface area contributed by atoms with E-state index in [-0.39, 0.29) is 10.7 Å². The summed E-state index contributed by atoms with van der Waals surface area (Å²) in [5, 5.41) is 1.47. The van der Waals surface area contributed by atoms with Gasteiger partial charge in [0, 0.05) is 23.2 Å². The number of carbonyl (C=O) groups excluding carboxylic acids is 1. The van der Waals surface area contributed by atoms with E-state index in [1.807, 2.05) is 24.3 Å².